The van der Waals surface area contributed by atoms with Crippen molar-refractivity contribution in [2.24, 2.45) is 0 Å². The lowest BCUT2D eigenvalue weighted by atomic mass is 9.67. The summed E-state index contributed by atoms with van der Waals surface area (Å²) < 4.78 is 34.7. The van der Waals surface area contributed by atoms with Crippen LogP contribution in [0.2, 0.25) is 0 Å². The van der Waals surface area contributed by atoms with Crippen LogP contribution in [-0.2, 0) is 28.4 Å². The fourth-order valence-corrected chi connectivity index (χ4v) is 4.13. The summed E-state index contributed by atoms with van der Waals surface area (Å²) in [6.07, 6.45) is 7.15. The second-order valence-electron chi connectivity index (χ2n) is 8.33. The van der Waals surface area contributed by atoms with E-state index in [-0.39, 0.29) is 23.4 Å². The van der Waals surface area contributed by atoms with Crippen molar-refractivity contribution >= 4 is 0 Å². The highest BCUT2D eigenvalue weighted by molar-refractivity contribution is 5.35. The first-order valence-corrected chi connectivity index (χ1v) is 9.59. The maximum absolute atomic E-state index is 6.43. The molecule has 1 saturated carbocycles. The molecule has 3 heterocycles. The fraction of sp³-hybridized carbons (Fsp3) is 0.895. The predicted octanol–water partition coefficient (Wildman–Crippen LogP) is 1.61. The van der Waals surface area contributed by atoms with E-state index in [0.29, 0.717) is 32.0 Å². The highest BCUT2D eigenvalue weighted by atomic mass is 16.6. The Labute approximate surface area is 148 Å². The van der Waals surface area contributed by atoms with E-state index in [0.717, 1.165) is 45.5 Å². The van der Waals surface area contributed by atoms with Crippen LogP contribution in [0, 0.1) is 0 Å². The second-order valence-corrected chi connectivity index (χ2v) is 8.33. The number of epoxide rings is 3. The van der Waals surface area contributed by atoms with Crippen molar-refractivity contribution in [3.8, 4) is 0 Å². The minimum atomic E-state index is -0.253. The van der Waals surface area contributed by atoms with E-state index < -0.39 is 0 Å². The molecule has 0 bridgehead atoms. The van der Waals surface area contributed by atoms with Gasteiger partial charge in [0.2, 0.25) is 0 Å². The van der Waals surface area contributed by atoms with E-state index in [4.69, 9.17) is 28.4 Å². The standard InChI is InChI=1S/C19H28O6/c1-18(24-10-14-7-21-14)4-2-3-16-17(23-9-13-6-20-13)5-19(16,12-18)25-11-15-8-22-15/h3,13-15,17H,2,4-12H2,1H3. The molecule has 5 rings (SSSR count). The molecule has 0 radical (unpaired) electrons. The van der Waals surface area contributed by atoms with Gasteiger partial charge < -0.3 is 28.4 Å². The van der Waals surface area contributed by atoms with Gasteiger partial charge in [-0.1, -0.05) is 6.08 Å². The number of ether oxygens (including phenoxy) is 6. The highest BCUT2D eigenvalue weighted by Crippen LogP contribution is 2.52. The minimum Gasteiger partial charge on any atom is -0.372 e. The van der Waals surface area contributed by atoms with Crippen LogP contribution in [0.1, 0.15) is 32.6 Å². The Morgan fingerprint density at radius 2 is 1.64 bits per heavy atom. The van der Waals surface area contributed by atoms with E-state index in [1.165, 1.54) is 5.57 Å². The molecule has 5 aliphatic rings. The van der Waals surface area contributed by atoms with Crippen LogP contribution in [0.3, 0.4) is 0 Å². The van der Waals surface area contributed by atoms with Crippen molar-refractivity contribution < 1.29 is 28.4 Å². The Bertz CT molecular complexity index is 538. The first-order chi connectivity index (χ1) is 12.1. The Morgan fingerprint density at radius 1 is 1.00 bits per heavy atom. The van der Waals surface area contributed by atoms with Gasteiger partial charge in [0.25, 0.3) is 0 Å². The van der Waals surface area contributed by atoms with Crippen molar-refractivity contribution in [1.82, 2.24) is 0 Å². The van der Waals surface area contributed by atoms with E-state index in [2.05, 4.69) is 13.0 Å². The van der Waals surface area contributed by atoms with Crippen LogP contribution in [0.5, 0.6) is 0 Å². The normalized spacial score (nSPS) is 47.3. The maximum Gasteiger partial charge on any atom is 0.104 e. The van der Waals surface area contributed by atoms with Gasteiger partial charge in [0, 0.05) is 12.8 Å². The largest absolute Gasteiger partial charge is 0.372 e. The lowest BCUT2D eigenvalue weighted by Crippen LogP contribution is -2.57. The molecule has 3 saturated heterocycles. The van der Waals surface area contributed by atoms with Crippen molar-refractivity contribution in [3.05, 3.63) is 11.6 Å². The Balaban J connectivity index is 1.27. The van der Waals surface area contributed by atoms with Crippen LogP contribution in [0.25, 0.3) is 0 Å². The third-order valence-corrected chi connectivity index (χ3v) is 5.94. The topological polar surface area (TPSA) is 65.3 Å². The summed E-state index contributed by atoms with van der Waals surface area (Å²) in [5, 5.41) is 0. The number of rotatable bonds is 9. The first kappa shape index (κ1) is 16.7. The maximum atomic E-state index is 6.43. The average Bonchev–Trinajstić information content (AvgIpc) is 3.45. The van der Waals surface area contributed by atoms with Gasteiger partial charge in [-0.3, -0.25) is 0 Å². The highest BCUT2D eigenvalue weighted by Gasteiger charge is 2.56. The van der Waals surface area contributed by atoms with Crippen LogP contribution < -0.4 is 0 Å². The Kier molecular flexibility index (Phi) is 4.19. The molecule has 6 atom stereocenters. The number of fused-ring (bicyclic) bond motifs is 1. The quantitative estimate of drug-likeness (QED) is 0.464. The van der Waals surface area contributed by atoms with Crippen molar-refractivity contribution in [3.63, 3.8) is 0 Å². The molecule has 140 valence electrons. The summed E-state index contributed by atoms with van der Waals surface area (Å²) in [4.78, 5) is 0. The average molecular weight is 352 g/mol. The zero-order valence-corrected chi connectivity index (χ0v) is 14.9. The Hall–Kier alpha value is -0.500. The minimum absolute atomic E-state index is 0.165. The van der Waals surface area contributed by atoms with Crippen LogP contribution in [0.15, 0.2) is 11.6 Å². The van der Waals surface area contributed by atoms with E-state index >= 15 is 0 Å². The van der Waals surface area contributed by atoms with E-state index in [1.807, 2.05) is 0 Å². The first-order valence-electron chi connectivity index (χ1n) is 9.59. The SMILES string of the molecule is CC1(OCC2CO2)CCC=C2C(OCC3CO3)CC2(OCC2CO2)C1. The van der Waals surface area contributed by atoms with Gasteiger partial charge in [0.15, 0.2) is 0 Å². The van der Waals surface area contributed by atoms with Gasteiger partial charge in [-0.2, -0.15) is 0 Å². The van der Waals surface area contributed by atoms with Gasteiger partial charge in [0.1, 0.15) is 18.3 Å². The van der Waals surface area contributed by atoms with Crippen molar-refractivity contribution in [2.75, 3.05) is 39.6 Å². The number of allylic oxidation sites excluding steroid dienone is 1. The molecule has 2 aliphatic carbocycles. The smallest absolute Gasteiger partial charge is 0.104 e. The van der Waals surface area contributed by atoms with E-state index in [1.54, 1.807) is 0 Å². The molecule has 6 unspecified atom stereocenters. The summed E-state index contributed by atoms with van der Waals surface area (Å²) in [5.41, 5.74) is 0.874. The van der Waals surface area contributed by atoms with Crippen molar-refractivity contribution in [2.45, 2.75) is 68.2 Å². The molecule has 6 nitrogen and oxygen atoms in total. The summed E-state index contributed by atoms with van der Waals surface area (Å²) in [5.74, 6) is 0. The third kappa shape index (κ3) is 3.80. The predicted molar refractivity (Wildman–Crippen MR) is 88.6 cm³/mol. The molecule has 0 aromatic carbocycles. The number of hydrogen-bond donors (Lipinski definition) is 0. The molecule has 0 aromatic heterocycles. The van der Waals surface area contributed by atoms with Gasteiger partial charge in [-0.05, 0) is 25.3 Å². The Morgan fingerprint density at radius 3 is 2.32 bits per heavy atom. The lowest BCUT2D eigenvalue weighted by molar-refractivity contribution is -0.163. The molecule has 0 amide bonds. The van der Waals surface area contributed by atoms with Crippen LogP contribution >= 0.6 is 0 Å². The van der Waals surface area contributed by atoms with Gasteiger partial charge >= 0.3 is 0 Å². The van der Waals surface area contributed by atoms with Gasteiger partial charge in [-0.25, -0.2) is 0 Å². The van der Waals surface area contributed by atoms with Gasteiger partial charge in [-0.15, -0.1) is 0 Å². The fourth-order valence-electron chi connectivity index (χ4n) is 4.13. The summed E-state index contributed by atoms with van der Waals surface area (Å²) in [6.45, 7) is 6.75. The summed E-state index contributed by atoms with van der Waals surface area (Å²) in [6, 6.07) is 0. The molecular formula is C19H28O6. The van der Waals surface area contributed by atoms with Crippen molar-refractivity contribution in [1.29, 1.82) is 0 Å². The molecule has 0 N–H and O–H groups in total. The summed E-state index contributed by atoms with van der Waals surface area (Å²) >= 11 is 0. The molecule has 6 heteroatoms. The molecule has 4 fully saturated rings. The molecule has 25 heavy (non-hydrogen) atoms. The molecule has 0 spiro atoms. The molecule has 0 aromatic rings. The van der Waals surface area contributed by atoms with E-state index in [9.17, 15) is 0 Å². The number of hydrogen-bond acceptors (Lipinski definition) is 6. The zero-order chi connectivity index (χ0) is 16.9. The lowest BCUT2D eigenvalue weighted by Gasteiger charge is -2.51. The third-order valence-electron chi connectivity index (χ3n) is 5.94. The molecular weight excluding hydrogens is 324 g/mol. The second kappa shape index (κ2) is 6.29. The summed E-state index contributed by atoms with van der Waals surface area (Å²) in [7, 11) is 0. The van der Waals surface area contributed by atoms with Crippen LogP contribution in [0.4, 0.5) is 0 Å². The van der Waals surface area contributed by atoms with Gasteiger partial charge in [0.05, 0.1) is 56.9 Å². The monoisotopic (exact) mass is 352 g/mol. The zero-order valence-electron chi connectivity index (χ0n) is 14.9. The molecule has 3 aliphatic heterocycles. The van der Waals surface area contributed by atoms with Crippen LogP contribution in [-0.4, -0.2) is 75.3 Å².